The molecule has 0 bridgehead atoms. The van der Waals surface area contributed by atoms with Gasteiger partial charge < -0.3 is 5.11 Å². The fourth-order valence-corrected chi connectivity index (χ4v) is 2.70. The fourth-order valence-electron chi connectivity index (χ4n) is 1.03. The molecule has 1 heterocycles. The highest BCUT2D eigenvalue weighted by atomic mass is 79.9. The molecule has 0 saturated carbocycles. The maximum atomic E-state index is 9.36. The van der Waals surface area contributed by atoms with Crippen LogP contribution in [0.4, 0.5) is 0 Å². The largest absolute Gasteiger partial charge is 0.506 e. The molecule has 0 unspecified atom stereocenters. The fraction of sp³-hybridized carbons (Fsp3) is 0. The lowest BCUT2D eigenvalue weighted by Gasteiger charge is -2.00. The molecule has 1 aromatic heterocycles. The average Bonchev–Trinajstić information content (AvgIpc) is 2.48. The summed E-state index contributed by atoms with van der Waals surface area (Å²) in [5.41, 5.74) is 0. The molecule has 0 atom stereocenters. The van der Waals surface area contributed by atoms with Crippen molar-refractivity contribution in [2.75, 3.05) is 0 Å². The van der Waals surface area contributed by atoms with E-state index in [2.05, 4.69) is 15.9 Å². The van der Waals surface area contributed by atoms with E-state index in [1.165, 1.54) is 0 Å². The Morgan fingerprint density at radius 3 is 3.00 bits per heavy atom. The first-order chi connectivity index (χ1) is 5.70. The minimum Gasteiger partial charge on any atom is -0.506 e. The van der Waals surface area contributed by atoms with Crippen molar-refractivity contribution in [1.29, 1.82) is 0 Å². The Labute approximate surface area is 86.7 Å². The van der Waals surface area contributed by atoms with Crippen molar-refractivity contribution in [3.8, 4) is 5.75 Å². The van der Waals surface area contributed by atoms with E-state index in [9.17, 15) is 5.11 Å². The number of benzene rings is 1. The van der Waals surface area contributed by atoms with Crippen LogP contribution in [0.15, 0.2) is 22.0 Å². The summed E-state index contributed by atoms with van der Waals surface area (Å²) < 4.78 is 1.80. The summed E-state index contributed by atoms with van der Waals surface area (Å²) in [6.45, 7) is 0. The minimum absolute atomic E-state index is 0.124. The molecule has 1 aromatic carbocycles. The molecule has 0 saturated heterocycles. The van der Waals surface area contributed by atoms with E-state index >= 15 is 0 Å². The van der Waals surface area contributed by atoms with Crippen LogP contribution in [0.2, 0.25) is 5.02 Å². The van der Waals surface area contributed by atoms with Gasteiger partial charge in [0.2, 0.25) is 0 Å². The molecule has 0 amide bonds. The molecule has 4 heteroatoms. The Morgan fingerprint density at radius 2 is 2.25 bits per heavy atom. The zero-order chi connectivity index (χ0) is 8.72. The van der Waals surface area contributed by atoms with Crippen LogP contribution in [0.25, 0.3) is 10.1 Å². The molecule has 62 valence electrons. The molecule has 1 nitrogen and oxygen atoms in total. The van der Waals surface area contributed by atoms with E-state index in [-0.39, 0.29) is 5.75 Å². The van der Waals surface area contributed by atoms with Gasteiger partial charge in [0.15, 0.2) is 0 Å². The lowest BCUT2D eigenvalue weighted by molar-refractivity contribution is 0.476. The predicted molar refractivity (Wildman–Crippen MR) is 56.2 cm³/mol. The Morgan fingerprint density at radius 1 is 1.50 bits per heavy atom. The quantitative estimate of drug-likeness (QED) is 0.761. The van der Waals surface area contributed by atoms with Gasteiger partial charge in [-0.05, 0) is 33.4 Å². The number of phenols is 1. The number of thiophene rings is 1. The summed E-state index contributed by atoms with van der Waals surface area (Å²) in [6, 6.07) is 3.64. The summed E-state index contributed by atoms with van der Waals surface area (Å²) in [7, 11) is 0. The van der Waals surface area contributed by atoms with Gasteiger partial charge in [-0.2, -0.15) is 0 Å². The van der Waals surface area contributed by atoms with Gasteiger partial charge in [0.25, 0.3) is 0 Å². The van der Waals surface area contributed by atoms with E-state index in [1.807, 2.05) is 11.4 Å². The van der Waals surface area contributed by atoms with Crippen LogP contribution < -0.4 is 0 Å². The monoisotopic (exact) mass is 262 g/mol. The van der Waals surface area contributed by atoms with Crippen molar-refractivity contribution in [2.24, 2.45) is 0 Å². The Balaban J connectivity index is 2.94. The Kier molecular flexibility index (Phi) is 2.02. The number of fused-ring (bicyclic) bond motifs is 1. The number of aromatic hydroxyl groups is 1. The van der Waals surface area contributed by atoms with Crippen LogP contribution in [0.3, 0.4) is 0 Å². The van der Waals surface area contributed by atoms with Gasteiger partial charge in [-0.1, -0.05) is 11.6 Å². The van der Waals surface area contributed by atoms with Crippen molar-refractivity contribution in [1.82, 2.24) is 0 Å². The third-order valence-electron chi connectivity index (χ3n) is 1.62. The van der Waals surface area contributed by atoms with Crippen LogP contribution in [0.5, 0.6) is 5.75 Å². The standard InChI is InChI=1S/C8H4BrClOS/c9-7-4-1-2-12-6(4)3-5(11)8(7)10/h1-3,11H. The number of halogens is 2. The third-order valence-corrected chi connectivity index (χ3v) is 3.92. The first kappa shape index (κ1) is 8.35. The van der Waals surface area contributed by atoms with E-state index in [0.29, 0.717) is 5.02 Å². The average molecular weight is 264 g/mol. The van der Waals surface area contributed by atoms with Gasteiger partial charge in [0.05, 0.1) is 5.02 Å². The Bertz CT molecular complexity index is 438. The van der Waals surface area contributed by atoms with Crippen molar-refractivity contribution >= 4 is 49.0 Å². The molecule has 0 aliphatic heterocycles. The highest BCUT2D eigenvalue weighted by Gasteiger charge is 2.08. The zero-order valence-corrected chi connectivity index (χ0v) is 9.00. The van der Waals surface area contributed by atoms with Crippen molar-refractivity contribution in [2.45, 2.75) is 0 Å². The van der Waals surface area contributed by atoms with Gasteiger partial charge in [-0.25, -0.2) is 0 Å². The molecule has 0 spiro atoms. The lowest BCUT2D eigenvalue weighted by Crippen LogP contribution is -1.72. The number of hydrogen-bond acceptors (Lipinski definition) is 2. The topological polar surface area (TPSA) is 20.2 Å². The van der Waals surface area contributed by atoms with Crippen molar-refractivity contribution in [3.05, 3.63) is 27.0 Å². The third kappa shape index (κ3) is 1.13. The molecule has 2 aromatic rings. The van der Waals surface area contributed by atoms with E-state index in [1.54, 1.807) is 17.4 Å². The first-order valence-electron chi connectivity index (χ1n) is 3.24. The van der Waals surface area contributed by atoms with E-state index in [4.69, 9.17) is 11.6 Å². The second-order valence-electron chi connectivity index (χ2n) is 2.36. The first-order valence-corrected chi connectivity index (χ1v) is 5.29. The van der Waals surface area contributed by atoms with E-state index in [0.717, 1.165) is 14.6 Å². The normalized spacial score (nSPS) is 10.8. The number of rotatable bonds is 0. The molecule has 0 aliphatic rings. The van der Waals surface area contributed by atoms with Crippen LogP contribution in [-0.2, 0) is 0 Å². The molecule has 1 N–H and O–H groups in total. The maximum absolute atomic E-state index is 9.36. The predicted octanol–water partition coefficient (Wildman–Crippen LogP) is 4.02. The summed E-state index contributed by atoms with van der Waals surface area (Å²) >= 11 is 10.7. The van der Waals surface area contributed by atoms with Gasteiger partial charge in [-0.3, -0.25) is 0 Å². The summed E-state index contributed by atoms with van der Waals surface area (Å²) in [5, 5.41) is 12.7. The van der Waals surface area contributed by atoms with Crippen molar-refractivity contribution in [3.63, 3.8) is 0 Å². The van der Waals surface area contributed by atoms with Crippen molar-refractivity contribution < 1.29 is 5.11 Å². The number of phenolic OH excluding ortho intramolecular Hbond substituents is 1. The minimum atomic E-state index is 0.124. The second-order valence-corrected chi connectivity index (χ2v) is 4.47. The summed E-state index contributed by atoms with van der Waals surface area (Å²) in [6.07, 6.45) is 0. The summed E-state index contributed by atoms with van der Waals surface area (Å²) in [5.74, 6) is 0.124. The van der Waals surface area contributed by atoms with Crippen LogP contribution in [0.1, 0.15) is 0 Å². The highest BCUT2D eigenvalue weighted by molar-refractivity contribution is 9.10. The lowest BCUT2D eigenvalue weighted by atomic mass is 10.2. The van der Waals surface area contributed by atoms with Gasteiger partial charge in [-0.15, -0.1) is 11.3 Å². The maximum Gasteiger partial charge on any atom is 0.136 e. The van der Waals surface area contributed by atoms with Gasteiger partial charge in [0.1, 0.15) is 5.75 Å². The molecule has 2 rings (SSSR count). The Hall–Kier alpha value is -0.250. The van der Waals surface area contributed by atoms with Crippen LogP contribution >= 0.6 is 38.9 Å². The molecule has 0 aliphatic carbocycles. The smallest absolute Gasteiger partial charge is 0.136 e. The van der Waals surface area contributed by atoms with Crippen LogP contribution in [0, 0.1) is 0 Å². The molecule has 0 fully saturated rings. The molecular weight excluding hydrogens is 260 g/mol. The van der Waals surface area contributed by atoms with Gasteiger partial charge >= 0.3 is 0 Å². The zero-order valence-electron chi connectivity index (χ0n) is 5.84. The highest BCUT2D eigenvalue weighted by Crippen LogP contribution is 2.39. The summed E-state index contributed by atoms with van der Waals surface area (Å²) in [4.78, 5) is 0. The van der Waals surface area contributed by atoms with Gasteiger partial charge in [0, 0.05) is 14.6 Å². The second kappa shape index (κ2) is 2.91. The van der Waals surface area contributed by atoms with Crippen LogP contribution in [-0.4, -0.2) is 5.11 Å². The number of hydrogen-bond donors (Lipinski definition) is 1. The van der Waals surface area contributed by atoms with E-state index < -0.39 is 0 Å². The SMILES string of the molecule is Oc1cc2sccc2c(Br)c1Cl. The molecule has 0 radical (unpaired) electrons. The molecular formula is C8H4BrClOS. The molecule has 12 heavy (non-hydrogen) atoms.